The van der Waals surface area contributed by atoms with Crippen LogP contribution in [0, 0.1) is 11.8 Å². The lowest BCUT2D eigenvalue weighted by Crippen LogP contribution is -2.23. The summed E-state index contributed by atoms with van der Waals surface area (Å²) in [5.74, 6) is 3.21. The molecule has 5 heteroatoms. The fourth-order valence-corrected chi connectivity index (χ4v) is 3.87. The number of nitrogens with one attached hydrogen (secondary N) is 1. The van der Waals surface area contributed by atoms with Crippen molar-refractivity contribution >= 4 is 5.82 Å². The van der Waals surface area contributed by atoms with E-state index in [4.69, 9.17) is 0 Å². The Morgan fingerprint density at radius 2 is 2.08 bits per heavy atom. The monoisotopic (exact) mass is 340 g/mol. The predicted molar refractivity (Wildman–Crippen MR) is 102 cm³/mol. The molecule has 1 saturated heterocycles. The molecule has 0 aliphatic carbocycles. The first-order valence-corrected chi connectivity index (χ1v) is 9.46. The molecule has 0 radical (unpaired) electrons. The summed E-state index contributed by atoms with van der Waals surface area (Å²) in [7, 11) is 0. The van der Waals surface area contributed by atoms with E-state index in [2.05, 4.69) is 33.7 Å². The number of hydrogen-bond donors (Lipinski definition) is 1. The first-order chi connectivity index (χ1) is 12.1. The molecule has 1 aliphatic heterocycles. The van der Waals surface area contributed by atoms with E-state index in [9.17, 15) is 4.79 Å². The van der Waals surface area contributed by atoms with E-state index in [0.717, 1.165) is 48.4 Å². The molecule has 0 aromatic carbocycles. The topological polar surface area (TPSA) is 61.9 Å². The second kappa shape index (κ2) is 7.81. The van der Waals surface area contributed by atoms with E-state index in [-0.39, 0.29) is 5.56 Å². The number of anilines is 1. The zero-order valence-electron chi connectivity index (χ0n) is 15.5. The summed E-state index contributed by atoms with van der Waals surface area (Å²) in [5.41, 5.74) is 1.54. The largest absolute Gasteiger partial charge is 0.356 e. The van der Waals surface area contributed by atoms with Crippen molar-refractivity contribution in [3.05, 3.63) is 40.4 Å². The molecule has 0 saturated carbocycles. The lowest BCUT2D eigenvalue weighted by atomic mass is 9.87. The molecule has 2 aromatic heterocycles. The minimum atomic E-state index is -0.113. The molecular weight excluding hydrogens is 312 g/mol. The van der Waals surface area contributed by atoms with Crippen LogP contribution in [0.15, 0.2) is 29.2 Å². The molecule has 0 amide bonds. The van der Waals surface area contributed by atoms with Gasteiger partial charge < -0.3 is 9.88 Å². The maximum Gasteiger partial charge on any atom is 0.251 e. The van der Waals surface area contributed by atoms with Gasteiger partial charge in [-0.25, -0.2) is 9.97 Å². The standard InChI is InChI=1S/C20H28N4O/c1-4-14(5-2)16-9-10-24(13-16)18-8-7-15(12-21-18)20-22-17(6-3)11-19(25)23-20/h7-8,11-12,14,16H,4-6,9-10,13H2,1-3H3,(H,22,23,25). The Bertz CT molecular complexity index is 749. The Labute approximate surface area is 149 Å². The molecule has 2 aromatic rings. The molecule has 0 bridgehead atoms. The van der Waals surface area contributed by atoms with Crippen LogP contribution in [0.25, 0.3) is 11.4 Å². The van der Waals surface area contributed by atoms with E-state index in [1.807, 2.05) is 25.3 Å². The van der Waals surface area contributed by atoms with Crippen LogP contribution >= 0.6 is 0 Å². The SMILES string of the molecule is CCc1cc(=O)[nH]c(-c2ccc(N3CCC(C(CC)CC)C3)nc2)n1. The van der Waals surface area contributed by atoms with E-state index in [1.54, 1.807) is 6.07 Å². The molecule has 1 atom stereocenters. The van der Waals surface area contributed by atoms with Crippen LogP contribution in [0.5, 0.6) is 0 Å². The number of pyridine rings is 1. The van der Waals surface area contributed by atoms with Gasteiger partial charge in [0.15, 0.2) is 0 Å². The van der Waals surface area contributed by atoms with Crippen LogP contribution in [0.4, 0.5) is 5.82 Å². The molecule has 1 fully saturated rings. The van der Waals surface area contributed by atoms with Gasteiger partial charge in [0.05, 0.1) is 0 Å². The van der Waals surface area contributed by atoms with Crippen molar-refractivity contribution in [3.63, 3.8) is 0 Å². The number of aromatic nitrogens is 3. The maximum absolute atomic E-state index is 11.8. The zero-order chi connectivity index (χ0) is 17.8. The third-order valence-corrected chi connectivity index (χ3v) is 5.44. The van der Waals surface area contributed by atoms with Crippen LogP contribution in [0.1, 0.15) is 45.7 Å². The Kier molecular flexibility index (Phi) is 5.51. The normalized spacial score (nSPS) is 17.4. The Morgan fingerprint density at radius 3 is 2.72 bits per heavy atom. The van der Waals surface area contributed by atoms with Gasteiger partial charge in [-0.15, -0.1) is 0 Å². The van der Waals surface area contributed by atoms with Gasteiger partial charge in [-0.1, -0.05) is 33.6 Å². The Hall–Kier alpha value is -2.17. The molecule has 1 aliphatic rings. The van der Waals surface area contributed by atoms with Crippen molar-refractivity contribution in [2.75, 3.05) is 18.0 Å². The van der Waals surface area contributed by atoms with Crippen LogP contribution in [0.3, 0.4) is 0 Å². The minimum Gasteiger partial charge on any atom is -0.356 e. The number of nitrogens with zero attached hydrogens (tertiary/aromatic N) is 3. The van der Waals surface area contributed by atoms with E-state index >= 15 is 0 Å². The van der Waals surface area contributed by atoms with Crippen molar-refractivity contribution in [2.45, 2.75) is 46.5 Å². The second-order valence-corrected chi connectivity index (χ2v) is 6.92. The van der Waals surface area contributed by atoms with Gasteiger partial charge in [0.2, 0.25) is 0 Å². The highest BCUT2D eigenvalue weighted by atomic mass is 16.1. The van der Waals surface area contributed by atoms with Crippen molar-refractivity contribution in [3.8, 4) is 11.4 Å². The summed E-state index contributed by atoms with van der Waals surface area (Å²) in [6.45, 7) is 8.76. The van der Waals surface area contributed by atoms with Gasteiger partial charge in [0, 0.05) is 36.6 Å². The molecule has 0 spiro atoms. The minimum absolute atomic E-state index is 0.113. The molecule has 3 rings (SSSR count). The fourth-order valence-electron chi connectivity index (χ4n) is 3.87. The lowest BCUT2D eigenvalue weighted by Gasteiger charge is -2.22. The number of aryl methyl sites for hydroxylation is 1. The molecule has 25 heavy (non-hydrogen) atoms. The van der Waals surface area contributed by atoms with E-state index < -0.39 is 0 Å². The number of rotatable bonds is 6. The highest BCUT2D eigenvalue weighted by Crippen LogP contribution is 2.31. The van der Waals surface area contributed by atoms with Gasteiger partial charge in [-0.3, -0.25) is 4.79 Å². The molecule has 1 unspecified atom stereocenters. The highest BCUT2D eigenvalue weighted by Gasteiger charge is 2.28. The summed E-state index contributed by atoms with van der Waals surface area (Å²) < 4.78 is 0. The van der Waals surface area contributed by atoms with Gasteiger partial charge in [-0.05, 0) is 36.8 Å². The molecule has 1 N–H and O–H groups in total. The van der Waals surface area contributed by atoms with Crippen LogP contribution in [-0.2, 0) is 6.42 Å². The highest BCUT2D eigenvalue weighted by molar-refractivity contribution is 5.56. The van der Waals surface area contributed by atoms with Crippen LogP contribution < -0.4 is 10.5 Å². The average Bonchev–Trinajstić information content (AvgIpc) is 3.12. The quantitative estimate of drug-likeness (QED) is 0.872. The summed E-state index contributed by atoms with van der Waals surface area (Å²) in [6, 6.07) is 5.60. The van der Waals surface area contributed by atoms with Crippen molar-refractivity contribution in [1.82, 2.24) is 15.0 Å². The molecule has 5 nitrogen and oxygen atoms in total. The van der Waals surface area contributed by atoms with Gasteiger partial charge in [-0.2, -0.15) is 0 Å². The lowest BCUT2D eigenvalue weighted by molar-refractivity contribution is 0.339. The van der Waals surface area contributed by atoms with Crippen LogP contribution in [0.2, 0.25) is 0 Å². The third kappa shape index (κ3) is 3.91. The van der Waals surface area contributed by atoms with Gasteiger partial charge in [0.25, 0.3) is 5.56 Å². The van der Waals surface area contributed by atoms with Gasteiger partial charge >= 0.3 is 0 Å². The summed E-state index contributed by atoms with van der Waals surface area (Å²) in [4.78, 5) is 26.1. The molecule has 3 heterocycles. The summed E-state index contributed by atoms with van der Waals surface area (Å²) in [5, 5.41) is 0. The molecule has 134 valence electrons. The van der Waals surface area contributed by atoms with Crippen LogP contribution in [-0.4, -0.2) is 28.0 Å². The first-order valence-electron chi connectivity index (χ1n) is 9.46. The fraction of sp³-hybridized carbons (Fsp3) is 0.550. The first kappa shape index (κ1) is 17.6. The maximum atomic E-state index is 11.8. The third-order valence-electron chi connectivity index (χ3n) is 5.44. The molecular formula is C20H28N4O. The number of H-pyrrole nitrogens is 1. The Balaban J connectivity index is 1.75. The van der Waals surface area contributed by atoms with E-state index in [1.165, 1.54) is 19.3 Å². The summed E-state index contributed by atoms with van der Waals surface area (Å²) >= 11 is 0. The smallest absolute Gasteiger partial charge is 0.251 e. The van der Waals surface area contributed by atoms with Crippen molar-refractivity contribution in [2.24, 2.45) is 11.8 Å². The zero-order valence-corrected chi connectivity index (χ0v) is 15.5. The number of hydrogen-bond acceptors (Lipinski definition) is 4. The Morgan fingerprint density at radius 1 is 1.28 bits per heavy atom. The average molecular weight is 340 g/mol. The second-order valence-electron chi connectivity index (χ2n) is 6.92. The summed E-state index contributed by atoms with van der Waals surface area (Å²) in [6.07, 6.45) is 6.33. The van der Waals surface area contributed by atoms with Crippen molar-refractivity contribution < 1.29 is 0 Å². The number of aromatic amines is 1. The van der Waals surface area contributed by atoms with Crippen molar-refractivity contribution in [1.29, 1.82) is 0 Å². The van der Waals surface area contributed by atoms with E-state index in [0.29, 0.717) is 5.82 Å². The van der Waals surface area contributed by atoms with Gasteiger partial charge in [0.1, 0.15) is 11.6 Å². The predicted octanol–water partition coefficient (Wildman–Crippen LogP) is 3.66.